The first-order valence-electron chi connectivity index (χ1n) is 1.95. The van der Waals surface area contributed by atoms with Crippen molar-refractivity contribution in [3.05, 3.63) is 11.4 Å². The van der Waals surface area contributed by atoms with Crippen LogP contribution in [0.4, 0.5) is 0 Å². The molecule has 0 unspecified atom stereocenters. The lowest BCUT2D eigenvalue weighted by atomic mass is 10.4. The van der Waals surface area contributed by atoms with Crippen LogP contribution in [0.25, 0.3) is 0 Å². The molecule has 0 saturated heterocycles. The summed E-state index contributed by atoms with van der Waals surface area (Å²) < 4.78 is 0. The van der Waals surface area contributed by atoms with Crippen molar-refractivity contribution < 1.29 is 9.79 Å². The Bertz CT molecular complexity index is 73.8. The van der Waals surface area contributed by atoms with Gasteiger partial charge in [-0.25, -0.2) is 0 Å². The first-order valence-corrected chi connectivity index (χ1v) is 3.26. The zero-order chi connectivity index (χ0) is 5.86. The molecule has 0 saturated carbocycles. The summed E-state index contributed by atoms with van der Waals surface area (Å²) in [5.74, 6) is 1.43. The van der Waals surface area contributed by atoms with Crippen molar-refractivity contribution in [2.45, 2.75) is 13.8 Å². The van der Waals surface area contributed by atoms with Gasteiger partial charge in [0, 0.05) is 0 Å². The fourth-order valence-electron chi connectivity index (χ4n) is 0.231. The van der Waals surface area contributed by atoms with Crippen LogP contribution in [-0.4, -0.2) is 9.79 Å². The zero-order valence-electron chi connectivity index (χ0n) is 4.42. The van der Waals surface area contributed by atoms with Gasteiger partial charge in [0.1, 0.15) is 0 Å². The highest BCUT2D eigenvalue weighted by molar-refractivity contribution is 7.48. The van der Waals surface area contributed by atoms with Gasteiger partial charge in [-0.15, -0.1) is 0 Å². The van der Waals surface area contributed by atoms with E-state index in [1.165, 1.54) is 5.82 Å². The van der Waals surface area contributed by atoms with Crippen molar-refractivity contribution in [1.29, 1.82) is 0 Å². The van der Waals surface area contributed by atoms with Crippen LogP contribution in [-0.2, 0) is 0 Å². The van der Waals surface area contributed by atoms with E-state index >= 15 is 0 Å². The molecule has 0 heterocycles. The van der Waals surface area contributed by atoms with Crippen LogP contribution < -0.4 is 0 Å². The third-order valence-electron chi connectivity index (χ3n) is 0.374. The second kappa shape index (κ2) is 3.14. The van der Waals surface area contributed by atoms with E-state index in [2.05, 4.69) is 0 Å². The Morgan fingerprint density at radius 1 is 1.43 bits per heavy atom. The third kappa shape index (κ3) is 6.09. The van der Waals surface area contributed by atoms with E-state index in [-0.39, 0.29) is 0 Å². The maximum Gasteiger partial charge on any atom is 0.191 e. The van der Waals surface area contributed by atoms with Gasteiger partial charge in [0.2, 0.25) is 0 Å². The largest absolute Gasteiger partial charge is 0.347 e. The monoisotopic (exact) mass is 120 g/mol. The van der Waals surface area contributed by atoms with Crippen LogP contribution in [0.15, 0.2) is 11.4 Å². The van der Waals surface area contributed by atoms with Crippen molar-refractivity contribution in [1.82, 2.24) is 0 Å². The smallest absolute Gasteiger partial charge is 0.191 e. The second-order valence-electron chi connectivity index (χ2n) is 1.53. The standard InChI is InChI=1S/C4H9O2P/c1-4(2)3-7(5)6/h3,5-6H,1-2H3. The highest BCUT2D eigenvalue weighted by atomic mass is 31.2. The summed E-state index contributed by atoms with van der Waals surface area (Å²) in [5.41, 5.74) is 0.941. The molecule has 0 atom stereocenters. The lowest BCUT2D eigenvalue weighted by Gasteiger charge is -1.90. The van der Waals surface area contributed by atoms with Gasteiger partial charge in [-0.1, -0.05) is 5.57 Å². The summed E-state index contributed by atoms with van der Waals surface area (Å²) in [7, 11) is -1.80. The molecule has 0 amide bonds. The molecule has 0 spiro atoms. The van der Waals surface area contributed by atoms with Crippen LogP contribution in [0.2, 0.25) is 0 Å². The van der Waals surface area contributed by atoms with Crippen molar-refractivity contribution in [2.24, 2.45) is 0 Å². The predicted octanol–water partition coefficient (Wildman–Crippen LogP) is 1.21. The Labute approximate surface area is 44.4 Å². The lowest BCUT2D eigenvalue weighted by Crippen LogP contribution is -1.62. The van der Waals surface area contributed by atoms with E-state index in [4.69, 9.17) is 9.79 Å². The van der Waals surface area contributed by atoms with E-state index in [1.807, 2.05) is 13.8 Å². The average molecular weight is 120 g/mol. The highest BCUT2D eigenvalue weighted by Crippen LogP contribution is 2.25. The maximum atomic E-state index is 8.27. The normalized spacial score (nSPS) is 9.29. The average Bonchev–Trinajstić information content (AvgIpc) is 1.27. The molecule has 0 aromatic heterocycles. The van der Waals surface area contributed by atoms with Gasteiger partial charge in [-0.3, -0.25) is 0 Å². The van der Waals surface area contributed by atoms with Gasteiger partial charge >= 0.3 is 0 Å². The van der Waals surface area contributed by atoms with Crippen LogP contribution in [0.5, 0.6) is 0 Å². The number of hydrogen-bond acceptors (Lipinski definition) is 2. The van der Waals surface area contributed by atoms with Gasteiger partial charge in [0.05, 0.1) is 0 Å². The quantitative estimate of drug-likeness (QED) is 0.510. The number of allylic oxidation sites excluding steroid dienone is 1. The second-order valence-corrected chi connectivity index (χ2v) is 2.43. The van der Waals surface area contributed by atoms with E-state index in [1.54, 1.807) is 0 Å². The molecule has 0 aromatic carbocycles. The minimum atomic E-state index is -1.80. The van der Waals surface area contributed by atoms with Crippen LogP contribution in [0.3, 0.4) is 0 Å². The fraction of sp³-hybridized carbons (Fsp3) is 0.500. The Kier molecular flexibility index (Phi) is 3.18. The number of hydrogen-bond donors (Lipinski definition) is 2. The minimum Gasteiger partial charge on any atom is -0.347 e. The summed E-state index contributed by atoms with van der Waals surface area (Å²) >= 11 is 0. The Morgan fingerprint density at radius 2 is 1.86 bits per heavy atom. The first kappa shape index (κ1) is 7.09. The molecule has 0 aliphatic rings. The third-order valence-corrected chi connectivity index (χ3v) is 1.12. The van der Waals surface area contributed by atoms with E-state index in [0.29, 0.717) is 0 Å². The van der Waals surface area contributed by atoms with Gasteiger partial charge in [-0.2, -0.15) is 0 Å². The zero-order valence-corrected chi connectivity index (χ0v) is 5.31. The first-order chi connectivity index (χ1) is 3.13. The molecule has 7 heavy (non-hydrogen) atoms. The summed E-state index contributed by atoms with van der Waals surface area (Å²) in [6, 6.07) is 0. The lowest BCUT2D eigenvalue weighted by molar-refractivity contribution is 0.495. The van der Waals surface area contributed by atoms with E-state index in [9.17, 15) is 0 Å². The van der Waals surface area contributed by atoms with Crippen LogP contribution in [0, 0.1) is 0 Å². The SMILES string of the molecule is CC(C)=CP(O)O. The Hall–Kier alpha value is 0.0900. The predicted molar refractivity (Wildman–Crippen MR) is 30.8 cm³/mol. The van der Waals surface area contributed by atoms with E-state index in [0.717, 1.165) is 5.57 Å². The highest BCUT2D eigenvalue weighted by Gasteiger charge is 1.87. The van der Waals surface area contributed by atoms with Crippen molar-refractivity contribution in [3.8, 4) is 0 Å². The topological polar surface area (TPSA) is 40.5 Å². The Morgan fingerprint density at radius 3 is 1.86 bits per heavy atom. The molecule has 0 aliphatic heterocycles. The molecule has 42 valence electrons. The molecule has 2 N–H and O–H groups in total. The summed E-state index contributed by atoms with van der Waals surface area (Å²) in [4.78, 5) is 16.5. The van der Waals surface area contributed by atoms with Gasteiger partial charge in [-0.05, 0) is 19.7 Å². The van der Waals surface area contributed by atoms with Gasteiger partial charge in [0.15, 0.2) is 8.38 Å². The molecule has 0 rings (SSSR count). The fourth-order valence-corrected chi connectivity index (χ4v) is 0.693. The maximum absolute atomic E-state index is 8.27. The Balaban J connectivity index is 3.45. The molecule has 0 aliphatic carbocycles. The van der Waals surface area contributed by atoms with E-state index < -0.39 is 8.38 Å². The van der Waals surface area contributed by atoms with Crippen molar-refractivity contribution in [3.63, 3.8) is 0 Å². The van der Waals surface area contributed by atoms with Crippen LogP contribution >= 0.6 is 8.38 Å². The molecule has 0 bridgehead atoms. The molecule has 3 heteroatoms. The van der Waals surface area contributed by atoms with Gasteiger partial charge < -0.3 is 9.79 Å². The molecular formula is C4H9O2P. The van der Waals surface area contributed by atoms with Crippen molar-refractivity contribution in [2.75, 3.05) is 0 Å². The molecule has 2 nitrogen and oxygen atoms in total. The minimum absolute atomic E-state index is 0.941. The van der Waals surface area contributed by atoms with Crippen molar-refractivity contribution >= 4 is 8.38 Å². The summed E-state index contributed by atoms with van der Waals surface area (Å²) in [5, 5.41) is 0. The van der Waals surface area contributed by atoms with Crippen LogP contribution in [0.1, 0.15) is 13.8 Å². The summed E-state index contributed by atoms with van der Waals surface area (Å²) in [6.45, 7) is 3.64. The summed E-state index contributed by atoms with van der Waals surface area (Å²) in [6.07, 6.45) is 0. The molecule has 0 radical (unpaired) electrons. The number of rotatable bonds is 1. The molecule has 0 aromatic rings. The molecular weight excluding hydrogens is 111 g/mol. The molecule has 0 fully saturated rings. The van der Waals surface area contributed by atoms with Gasteiger partial charge in [0.25, 0.3) is 0 Å².